The van der Waals surface area contributed by atoms with Gasteiger partial charge in [-0.25, -0.2) is 9.97 Å². The van der Waals surface area contributed by atoms with Gasteiger partial charge in [-0.15, -0.1) is 0 Å². The molecule has 0 spiro atoms. The van der Waals surface area contributed by atoms with Crippen molar-refractivity contribution in [2.45, 2.75) is 26.7 Å². The van der Waals surface area contributed by atoms with E-state index in [9.17, 15) is 0 Å². The monoisotopic (exact) mass is 257 g/mol. The van der Waals surface area contributed by atoms with Gasteiger partial charge in [0.05, 0.1) is 5.56 Å². The molecule has 0 bridgehead atoms. The molecular weight excluding hydrogens is 238 g/mol. The van der Waals surface area contributed by atoms with E-state index in [1.807, 2.05) is 31.3 Å². The zero-order chi connectivity index (χ0) is 13.7. The predicted octanol–water partition coefficient (Wildman–Crippen LogP) is 3.57. The van der Waals surface area contributed by atoms with Gasteiger partial charge in [-0.3, -0.25) is 0 Å². The minimum Gasteiger partial charge on any atom is -0.439 e. The summed E-state index contributed by atoms with van der Waals surface area (Å²) in [5, 5.41) is 3.08. The Labute approximate surface area is 113 Å². The summed E-state index contributed by atoms with van der Waals surface area (Å²) < 4.78 is 5.87. The lowest BCUT2D eigenvalue weighted by atomic mass is 10.1. The summed E-state index contributed by atoms with van der Waals surface area (Å²) >= 11 is 0. The Morgan fingerprint density at radius 3 is 2.53 bits per heavy atom. The van der Waals surface area contributed by atoms with Crippen LogP contribution in [0.25, 0.3) is 0 Å². The summed E-state index contributed by atoms with van der Waals surface area (Å²) in [6, 6.07) is 7.95. The van der Waals surface area contributed by atoms with Gasteiger partial charge in [0, 0.05) is 7.05 Å². The molecule has 100 valence electrons. The first-order chi connectivity index (χ1) is 9.24. The van der Waals surface area contributed by atoms with Gasteiger partial charge in [-0.1, -0.05) is 31.0 Å². The van der Waals surface area contributed by atoms with Crippen molar-refractivity contribution < 1.29 is 4.74 Å². The number of aromatic nitrogens is 2. The quantitative estimate of drug-likeness (QED) is 0.889. The third kappa shape index (κ3) is 3.22. The molecule has 0 unspecified atom stereocenters. The molecule has 1 aromatic heterocycles. The van der Waals surface area contributed by atoms with Gasteiger partial charge in [-0.05, 0) is 25.5 Å². The topological polar surface area (TPSA) is 47.0 Å². The minimum atomic E-state index is 0.630. The Kier molecular flexibility index (Phi) is 4.34. The number of nitrogens with zero attached hydrogens (tertiary/aromatic N) is 2. The van der Waals surface area contributed by atoms with E-state index in [4.69, 9.17) is 4.74 Å². The van der Waals surface area contributed by atoms with Crippen LogP contribution in [0.5, 0.6) is 11.6 Å². The highest BCUT2D eigenvalue weighted by Gasteiger charge is 2.11. The lowest BCUT2D eigenvalue weighted by Crippen LogP contribution is -2.03. The minimum absolute atomic E-state index is 0.630. The zero-order valence-corrected chi connectivity index (χ0v) is 11.6. The van der Waals surface area contributed by atoms with Crippen LogP contribution in [0.3, 0.4) is 0 Å². The molecule has 0 aliphatic heterocycles. The van der Waals surface area contributed by atoms with Crippen molar-refractivity contribution in [2.75, 3.05) is 12.4 Å². The summed E-state index contributed by atoms with van der Waals surface area (Å²) in [6.45, 7) is 4.18. The van der Waals surface area contributed by atoms with E-state index in [0.717, 1.165) is 30.0 Å². The fraction of sp³-hybridized carbons (Fsp3) is 0.333. The fourth-order valence-corrected chi connectivity index (χ4v) is 1.89. The second-order valence-electron chi connectivity index (χ2n) is 4.42. The Hall–Kier alpha value is -2.10. The first-order valence-corrected chi connectivity index (χ1v) is 6.50. The molecule has 0 saturated heterocycles. The number of hydrogen-bond acceptors (Lipinski definition) is 4. The predicted molar refractivity (Wildman–Crippen MR) is 76.8 cm³/mol. The van der Waals surface area contributed by atoms with Crippen molar-refractivity contribution in [1.29, 1.82) is 0 Å². The van der Waals surface area contributed by atoms with Gasteiger partial charge in [0.25, 0.3) is 0 Å². The molecule has 4 nitrogen and oxygen atoms in total. The molecule has 0 atom stereocenters. The number of aryl methyl sites for hydroxylation is 1. The number of nitrogens with one attached hydrogen (secondary N) is 1. The number of anilines is 1. The SMILES string of the molecule is CCCc1c(NC)ncnc1Oc1ccc(C)cc1. The maximum atomic E-state index is 5.87. The van der Waals surface area contributed by atoms with E-state index in [0.29, 0.717) is 5.88 Å². The van der Waals surface area contributed by atoms with Gasteiger partial charge < -0.3 is 10.1 Å². The van der Waals surface area contributed by atoms with Gasteiger partial charge in [0.2, 0.25) is 5.88 Å². The molecule has 2 rings (SSSR count). The molecule has 0 aliphatic carbocycles. The standard InChI is InChI=1S/C15H19N3O/c1-4-5-13-14(16-3)17-10-18-15(13)19-12-8-6-11(2)7-9-12/h6-10H,4-5H2,1-3H3,(H,16,17,18). The van der Waals surface area contributed by atoms with Gasteiger partial charge >= 0.3 is 0 Å². The first-order valence-electron chi connectivity index (χ1n) is 6.50. The second kappa shape index (κ2) is 6.18. The summed E-state index contributed by atoms with van der Waals surface area (Å²) in [6.07, 6.45) is 3.43. The highest BCUT2D eigenvalue weighted by molar-refractivity contribution is 5.49. The number of hydrogen-bond donors (Lipinski definition) is 1. The van der Waals surface area contributed by atoms with Crippen molar-refractivity contribution in [3.63, 3.8) is 0 Å². The van der Waals surface area contributed by atoms with E-state index < -0.39 is 0 Å². The van der Waals surface area contributed by atoms with Crippen LogP contribution in [0.1, 0.15) is 24.5 Å². The number of rotatable bonds is 5. The van der Waals surface area contributed by atoms with Crippen LogP contribution >= 0.6 is 0 Å². The van der Waals surface area contributed by atoms with Crippen LogP contribution in [0.15, 0.2) is 30.6 Å². The van der Waals surface area contributed by atoms with Gasteiger partial charge in [0.1, 0.15) is 17.9 Å². The highest BCUT2D eigenvalue weighted by atomic mass is 16.5. The molecule has 0 saturated carbocycles. The lowest BCUT2D eigenvalue weighted by Gasteiger charge is -2.12. The molecular formula is C15H19N3O. The normalized spacial score (nSPS) is 10.3. The molecule has 0 amide bonds. The van der Waals surface area contributed by atoms with E-state index in [1.165, 1.54) is 11.9 Å². The maximum absolute atomic E-state index is 5.87. The molecule has 0 radical (unpaired) electrons. The highest BCUT2D eigenvalue weighted by Crippen LogP contribution is 2.27. The average Bonchev–Trinajstić information content (AvgIpc) is 2.43. The Bertz CT molecular complexity index is 538. The van der Waals surface area contributed by atoms with Crippen LogP contribution in [-0.4, -0.2) is 17.0 Å². The van der Waals surface area contributed by atoms with Crippen molar-refractivity contribution >= 4 is 5.82 Å². The Balaban J connectivity index is 2.30. The van der Waals surface area contributed by atoms with Crippen LogP contribution in [0, 0.1) is 6.92 Å². The van der Waals surface area contributed by atoms with Gasteiger partial charge in [-0.2, -0.15) is 0 Å². The zero-order valence-electron chi connectivity index (χ0n) is 11.6. The van der Waals surface area contributed by atoms with Gasteiger partial charge in [0.15, 0.2) is 0 Å². The molecule has 0 fully saturated rings. The largest absolute Gasteiger partial charge is 0.439 e. The summed E-state index contributed by atoms with van der Waals surface area (Å²) in [5.74, 6) is 2.26. The van der Waals surface area contributed by atoms with Crippen LogP contribution < -0.4 is 10.1 Å². The lowest BCUT2D eigenvalue weighted by molar-refractivity contribution is 0.454. The molecule has 2 aromatic rings. The van der Waals surface area contributed by atoms with Crippen LogP contribution in [0.4, 0.5) is 5.82 Å². The third-order valence-corrected chi connectivity index (χ3v) is 2.88. The van der Waals surface area contributed by atoms with E-state index >= 15 is 0 Å². The van der Waals surface area contributed by atoms with E-state index in [2.05, 4.69) is 29.1 Å². The Morgan fingerprint density at radius 2 is 1.89 bits per heavy atom. The number of ether oxygens (including phenoxy) is 1. The maximum Gasteiger partial charge on any atom is 0.227 e. The first kappa shape index (κ1) is 13.3. The van der Waals surface area contributed by atoms with Crippen molar-refractivity contribution in [3.8, 4) is 11.6 Å². The molecule has 0 aliphatic rings. The van der Waals surface area contributed by atoms with Crippen LogP contribution in [0.2, 0.25) is 0 Å². The van der Waals surface area contributed by atoms with Crippen LogP contribution in [-0.2, 0) is 6.42 Å². The van der Waals surface area contributed by atoms with Crippen molar-refractivity contribution in [2.24, 2.45) is 0 Å². The van der Waals surface area contributed by atoms with E-state index in [1.54, 1.807) is 0 Å². The van der Waals surface area contributed by atoms with E-state index in [-0.39, 0.29) is 0 Å². The van der Waals surface area contributed by atoms with Crippen molar-refractivity contribution in [3.05, 3.63) is 41.7 Å². The smallest absolute Gasteiger partial charge is 0.227 e. The summed E-state index contributed by atoms with van der Waals surface area (Å²) in [5.41, 5.74) is 2.23. The molecule has 4 heteroatoms. The average molecular weight is 257 g/mol. The van der Waals surface area contributed by atoms with Crippen molar-refractivity contribution in [1.82, 2.24) is 9.97 Å². The third-order valence-electron chi connectivity index (χ3n) is 2.88. The second-order valence-corrected chi connectivity index (χ2v) is 4.42. The molecule has 1 heterocycles. The Morgan fingerprint density at radius 1 is 1.16 bits per heavy atom. The fourth-order valence-electron chi connectivity index (χ4n) is 1.89. The number of benzene rings is 1. The molecule has 1 aromatic carbocycles. The summed E-state index contributed by atoms with van der Waals surface area (Å²) in [4.78, 5) is 8.48. The molecule has 1 N–H and O–H groups in total. The summed E-state index contributed by atoms with van der Waals surface area (Å²) in [7, 11) is 1.86. The molecule has 19 heavy (non-hydrogen) atoms.